The van der Waals surface area contributed by atoms with Crippen LogP contribution in [0.15, 0.2) is 30.5 Å². The van der Waals surface area contributed by atoms with Crippen molar-refractivity contribution in [2.45, 2.75) is 25.4 Å². The summed E-state index contributed by atoms with van der Waals surface area (Å²) in [5.41, 5.74) is 0.741. The number of carbonyl (C=O) groups is 2. The molecule has 9 heteroatoms. The molecule has 0 radical (unpaired) electrons. The van der Waals surface area contributed by atoms with E-state index in [4.69, 9.17) is 21.4 Å². The number of aliphatic carboxylic acids is 1. The molecule has 138 valence electrons. The fraction of sp³-hybridized carbons (Fsp3) is 0.412. The number of halogens is 1. The molecule has 1 amide bonds. The molecule has 8 nitrogen and oxygen atoms in total. The number of benzene rings is 1. The topological polar surface area (TPSA) is 97.6 Å². The molecule has 0 bridgehead atoms. The van der Waals surface area contributed by atoms with Gasteiger partial charge in [0.25, 0.3) is 5.91 Å². The molecule has 1 atom stereocenters. The highest BCUT2D eigenvalue weighted by Crippen LogP contribution is 2.19. The largest absolute Gasteiger partial charge is 0.481 e. The number of amides is 1. The third-order valence-corrected chi connectivity index (χ3v) is 4.46. The fourth-order valence-electron chi connectivity index (χ4n) is 2.82. The minimum Gasteiger partial charge on any atom is -0.481 e. The summed E-state index contributed by atoms with van der Waals surface area (Å²) in [6.07, 6.45) is 3.06. The monoisotopic (exact) mass is 378 g/mol. The molecule has 2 heterocycles. The minimum absolute atomic E-state index is 0.0774. The zero-order chi connectivity index (χ0) is 18.5. The second-order valence-corrected chi connectivity index (χ2v) is 6.44. The number of carbonyl (C=O) groups excluding carboxylic acids is 1. The van der Waals surface area contributed by atoms with Crippen LogP contribution in [0, 0.1) is 0 Å². The van der Waals surface area contributed by atoms with Crippen molar-refractivity contribution in [3.05, 3.63) is 41.2 Å². The highest BCUT2D eigenvalue weighted by Gasteiger charge is 2.25. The van der Waals surface area contributed by atoms with Crippen LogP contribution in [0.2, 0.25) is 5.02 Å². The lowest BCUT2D eigenvalue weighted by atomic mass is 10.2. The Morgan fingerprint density at radius 1 is 1.38 bits per heavy atom. The van der Waals surface area contributed by atoms with Crippen LogP contribution in [0.25, 0.3) is 5.69 Å². The zero-order valence-corrected chi connectivity index (χ0v) is 14.8. The van der Waals surface area contributed by atoms with Gasteiger partial charge in [0, 0.05) is 19.7 Å². The van der Waals surface area contributed by atoms with Crippen molar-refractivity contribution in [2.24, 2.45) is 0 Å². The summed E-state index contributed by atoms with van der Waals surface area (Å²) >= 11 is 6.14. The number of ether oxygens (including phenoxy) is 1. The first kappa shape index (κ1) is 18.3. The molecular formula is C17H19ClN4O4. The molecule has 1 aromatic heterocycles. The van der Waals surface area contributed by atoms with Gasteiger partial charge in [-0.15, -0.1) is 5.10 Å². The number of para-hydroxylation sites is 1. The number of rotatable bonds is 7. The van der Waals surface area contributed by atoms with Gasteiger partial charge in [-0.3, -0.25) is 9.59 Å². The van der Waals surface area contributed by atoms with Gasteiger partial charge in [0.1, 0.15) is 0 Å². The van der Waals surface area contributed by atoms with E-state index in [2.05, 4.69) is 10.3 Å². The Morgan fingerprint density at radius 2 is 2.19 bits per heavy atom. The van der Waals surface area contributed by atoms with Crippen molar-refractivity contribution in [3.8, 4) is 5.69 Å². The first-order valence-electron chi connectivity index (χ1n) is 8.34. The van der Waals surface area contributed by atoms with Gasteiger partial charge in [-0.1, -0.05) is 28.9 Å². The number of aromatic nitrogens is 3. The van der Waals surface area contributed by atoms with Crippen molar-refractivity contribution in [1.29, 1.82) is 0 Å². The normalized spacial score (nSPS) is 16.6. The molecule has 1 fully saturated rings. The summed E-state index contributed by atoms with van der Waals surface area (Å²) in [7, 11) is 0. The van der Waals surface area contributed by atoms with E-state index < -0.39 is 5.97 Å². The van der Waals surface area contributed by atoms with Gasteiger partial charge in [-0.2, -0.15) is 0 Å². The average molecular weight is 379 g/mol. The zero-order valence-electron chi connectivity index (χ0n) is 14.0. The highest BCUT2D eigenvalue weighted by atomic mass is 35.5. The molecule has 0 unspecified atom stereocenters. The third kappa shape index (κ3) is 4.39. The van der Waals surface area contributed by atoms with Crippen LogP contribution in [0.3, 0.4) is 0 Å². The SMILES string of the molecule is O=C(O)CCN(C[C@@H]1CCCO1)C(=O)c1cn(-c2ccccc2Cl)nn1. The van der Waals surface area contributed by atoms with Gasteiger partial charge in [0.05, 0.1) is 29.4 Å². The Kier molecular flexibility index (Phi) is 5.85. The van der Waals surface area contributed by atoms with E-state index in [1.807, 2.05) is 0 Å². The molecule has 2 aromatic rings. The first-order chi connectivity index (χ1) is 12.5. The van der Waals surface area contributed by atoms with Crippen LogP contribution >= 0.6 is 11.6 Å². The van der Waals surface area contributed by atoms with E-state index in [0.29, 0.717) is 23.9 Å². The first-order valence-corrected chi connectivity index (χ1v) is 8.72. The molecule has 1 N–H and O–H groups in total. The van der Waals surface area contributed by atoms with Crippen LogP contribution in [-0.4, -0.2) is 62.7 Å². The quantitative estimate of drug-likeness (QED) is 0.791. The van der Waals surface area contributed by atoms with Gasteiger partial charge in [-0.05, 0) is 25.0 Å². The van der Waals surface area contributed by atoms with Crippen molar-refractivity contribution >= 4 is 23.5 Å². The summed E-state index contributed by atoms with van der Waals surface area (Å²) < 4.78 is 6.99. The van der Waals surface area contributed by atoms with E-state index in [1.54, 1.807) is 24.3 Å². The molecule has 3 rings (SSSR count). The Labute approximate surface area is 155 Å². The van der Waals surface area contributed by atoms with E-state index >= 15 is 0 Å². The Balaban J connectivity index is 1.77. The number of carboxylic acids is 1. The maximum absolute atomic E-state index is 12.8. The van der Waals surface area contributed by atoms with Crippen LogP contribution in [0.1, 0.15) is 29.8 Å². The Morgan fingerprint density at radius 3 is 2.88 bits per heavy atom. The summed E-state index contributed by atoms with van der Waals surface area (Å²) in [5.74, 6) is -1.34. The minimum atomic E-state index is -0.963. The Hall–Kier alpha value is -2.45. The number of hydrogen-bond acceptors (Lipinski definition) is 5. The van der Waals surface area contributed by atoms with Crippen molar-refractivity contribution in [2.75, 3.05) is 19.7 Å². The predicted molar refractivity (Wildman–Crippen MR) is 93.5 cm³/mol. The van der Waals surface area contributed by atoms with Crippen LogP contribution < -0.4 is 0 Å². The lowest BCUT2D eigenvalue weighted by Crippen LogP contribution is -2.39. The van der Waals surface area contributed by atoms with Crippen LogP contribution in [0.5, 0.6) is 0 Å². The number of carboxylic acid groups (broad SMARTS) is 1. The number of nitrogens with zero attached hydrogens (tertiary/aromatic N) is 4. The molecule has 1 aromatic carbocycles. The van der Waals surface area contributed by atoms with Gasteiger partial charge >= 0.3 is 5.97 Å². The standard InChI is InChI=1S/C17H19ClN4O4/c18-13-5-1-2-6-15(13)22-11-14(19-20-22)17(25)21(8-7-16(23)24)10-12-4-3-9-26-12/h1-2,5-6,11-12H,3-4,7-10H2,(H,23,24)/t12-/m0/s1. The van der Waals surface area contributed by atoms with Gasteiger partial charge in [-0.25, -0.2) is 4.68 Å². The second kappa shape index (κ2) is 8.29. The molecule has 26 heavy (non-hydrogen) atoms. The molecule has 0 aliphatic carbocycles. The molecule has 1 aliphatic rings. The third-order valence-electron chi connectivity index (χ3n) is 4.14. The average Bonchev–Trinajstić information content (AvgIpc) is 3.30. The van der Waals surface area contributed by atoms with Gasteiger partial charge in [0.15, 0.2) is 5.69 Å². The summed E-state index contributed by atoms with van der Waals surface area (Å²) in [6.45, 7) is 1.09. The van der Waals surface area contributed by atoms with E-state index in [-0.39, 0.29) is 30.7 Å². The number of hydrogen-bond donors (Lipinski definition) is 1. The molecule has 0 saturated carbocycles. The smallest absolute Gasteiger partial charge is 0.305 e. The Bertz CT molecular complexity index is 789. The van der Waals surface area contributed by atoms with E-state index in [9.17, 15) is 9.59 Å². The lowest BCUT2D eigenvalue weighted by molar-refractivity contribution is -0.137. The van der Waals surface area contributed by atoms with Gasteiger partial charge < -0.3 is 14.7 Å². The van der Waals surface area contributed by atoms with E-state index in [0.717, 1.165) is 12.8 Å². The van der Waals surface area contributed by atoms with Crippen LogP contribution in [-0.2, 0) is 9.53 Å². The fourth-order valence-corrected chi connectivity index (χ4v) is 3.04. The van der Waals surface area contributed by atoms with Crippen LogP contribution in [0.4, 0.5) is 0 Å². The summed E-state index contributed by atoms with van der Waals surface area (Å²) in [6, 6.07) is 7.08. The molecule has 0 spiro atoms. The lowest BCUT2D eigenvalue weighted by Gasteiger charge is -2.23. The summed E-state index contributed by atoms with van der Waals surface area (Å²) in [4.78, 5) is 25.2. The van der Waals surface area contributed by atoms with Crippen molar-refractivity contribution < 1.29 is 19.4 Å². The molecule has 1 aliphatic heterocycles. The van der Waals surface area contributed by atoms with Crippen molar-refractivity contribution in [1.82, 2.24) is 19.9 Å². The van der Waals surface area contributed by atoms with Crippen molar-refractivity contribution in [3.63, 3.8) is 0 Å². The van der Waals surface area contributed by atoms with Gasteiger partial charge in [0.2, 0.25) is 0 Å². The highest BCUT2D eigenvalue weighted by molar-refractivity contribution is 6.32. The van der Waals surface area contributed by atoms with E-state index in [1.165, 1.54) is 15.8 Å². The maximum atomic E-state index is 12.8. The molecule has 1 saturated heterocycles. The second-order valence-electron chi connectivity index (χ2n) is 6.03. The predicted octanol–water partition coefficient (Wildman–Crippen LogP) is 2.02. The summed E-state index contributed by atoms with van der Waals surface area (Å²) in [5, 5.41) is 17.3. The molecular weight excluding hydrogens is 360 g/mol. The maximum Gasteiger partial charge on any atom is 0.305 e.